The van der Waals surface area contributed by atoms with E-state index in [-0.39, 0.29) is 0 Å². The Morgan fingerprint density at radius 1 is 1.30 bits per heavy atom. The van der Waals surface area contributed by atoms with Crippen LogP contribution in [0.25, 0.3) is 0 Å². The molecule has 0 aliphatic carbocycles. The van der Waals surface area contributed by atoms with Gasteiger partial charge in [-0.1, -0.05) is 43.3 Å². The molecule has 0 amide bonds. The van der Waals surface area contributed by atoms with Gasteiger partial charge in [0.05, 0.1) is 0 Å². The fourth-order valence-electron chi connectivity index (χ4n) is 2.41. The van der Waals surface area contributed by atoms with Gasteiger partial charge in [0.2, 0.25) is 0 Å². The molecule has 1 nitrogen and oxygen atoms in total. The number of hydrogen-bond donors (Lipinski definition) is 0. The molecule has 0 aliphatic heterocycles. The summed E-state index contributed by atoms with van der Waals surface area (Å²) < 4.78 is 0. The lowest BCUT2D eigenvalue weighted by Crippen LogP contribution is -2.03. The fraction of sp³-hybridized carbons (Fsp3) is 0.421. The van der Waals surface area contributed by atoms with Gasteiger partial charge in [0.15, 0.2) is 0 Å². The highest BCUT2D eigenvalue weighted by Crippen LogP contribution is 2.24. The number of allylic oxidation sites excluding steroid dienone is 3. The molecule has 1 heteroatoms. The molecule has 0 heterocycles. The van der Waals surface area contributed by atoms with Crippen LogP contribution in [0.3, 0.4) is 0 Å². The number of rotatable bonds is 6. The first-order chi connectivity index (χ1) is 9.45. The highest BCUT2D eigenvalue weighted by Gasteiger charge is 2.09. The van der Waals surface area contributed by atoms with E-state index in [4.69, 9.17) is 0 Å². The van der Waals surface area contributed by atoms with E-state index in [2.05, 4.69) is 56.6 Å². The van der Waals surface area contributed by atoms with E-state index >= 15 is 0 Å². The summed E-state index contributed by atoms with van der Waals surface area (Å²) in [7, 11) is 0. The predicted octanol–water partition coefficient (Wildman–Crippen LogP) is 5.50. The van der Waals surface area contributed by atoms with Crippen molar-refractivity contribution < 1.29 is 0 Å². The van der Waals surface area contributed by atoms with Gasteiger partial charge in [0, 0.05) is 11.9 Å². The number of benzene rings is 1. The van der Waals surface area contributed by atoms with Gasteiger partial charge < -0.3 is 0 Å². The van der Waals surface area contributed by atoms with Crippen molar-refractivity contribution in [3.05, 3.63) is 58.8 Å². The first kappa shape index (κ1) is 16.4. The zero-order valence-electron chi connectivity index (χ0n) is 13.5. The van der Waals surface area contributed by atoms with Crippen molar-refractivity contribution in [2.45, 2.75) is 47.5 Å². The zero-order valence-corrected chi connectivity index (χ0v) is 13.5. The van der Waals surface area contributed by atoms with Gasteiger partial charge in [-0.15, -0.1) is 0 Å². The van der Waals surface area contributed by atoms with E-state index in [9.17, 15) is 0 Å². The molecule has 0 spiro atoms. The molecule has 1 aromatic rings. The van der Waals surface area contributed by atoms with E-state index in [1.807, 2.05) is 20.1 Å². The average Bonchev–Trinajstić information content (AvgIpc) is 2.40. The molecule has 0 fully saturated rings. The summed E-state index contributed by atoms with van der Waals surface area (Å²) in [5.41, 5.74) is 6.32. The van der Waals surface area contributed by atoms with Crippen LogP contribution < -0.4 is 0 Å². The third-order valence-corrected chi connectivity index (χ3v) is 3.82. The molecule has 108 valence electrons. The molecule has 0 aliphatic rings. The monoisotopic (exact) mass is 269 g/mol. The highest BCUT2D eigenvalue weighted by atomic mass is 14.7. The van der Waals surface area contributed by atoms with Gasteiger partial charge in [-0.05, 0) is 63.2 Å². The summed E-state index contributed by atoms with van der Waals surface area (Å²) in [5.74, 6) is 0.594. The Balaban J connectivity index is 2.67. The molecule has 1 unspecified atom stereocenters. The van der Waals surface area contributed by atoms with Crippen molar-refractivity contribution in [2.75, 3.05) is 0 Å². The van der Waals surface area contributed by atoms with E-state index < -0.39 is 0 Å². The van der Waals surface area contributed by atoms with E-state index in [1.54, 1.807) is 0 Å². The maximum absolute atomic E-state index is 4.34. The zero-order chi connectivity index (χ0) is 15.1. The minimum absolute atomic E-state index is 0.594. The summed E-state index contributed by atoms with van der Waals surface area (Å²) in [4.78, 5) is 4.34. The van der Waals surface area contributed by atoms with Crippen molar-refractivity contribution in [1.29, 1.82) is 0 Å². The van der Waals surface area contributed by atoms with Gasteiger partial charge in [0.25, 0.3) is 0 Å². The molecule has 0 bridgehead atoms. The van der Waals surface area contributed by atoms with Gasteiger partial charge in [-0.3, -0.25) is 4.99 Å². The molecule has 0 saturated heterocycles. The topological polar surface area (TPSA) is 12.4 Å². The van der Waals surface area contributed by atoms with Gasteiger partial charge in [-0.2, -0.15) is 0 Å². The standard InChI is InChI=1S/C19H27N/c1-7-20-18(6)17(5)16(4)12-14(2)13-19-11-9-8-10-15(19)3/h7-11,14H,4,12-13H2,1-3,5-6H3/b18-17-,20-7-. The predicted molar refractivity (Wildman–Crippen MR) is 90.3 cm³/mol. The minimum atomic E-state index is 0.594. The lowest BCUT2D eigenvalue weighted by molar-refractivity contribution is 0.575. The van der Waals surface area contributed by atoms with E-state index in [1.165, 1.54) is 22.3 Å². The van der Waals surface area contributed by atoms with Gasteiger partial charge >= 0.3 is 0 Å². The van der Waals surface area contributed by atoms with Crippen molar-refractivity contribution in [3.63, 3.8) is 0 Å². The molecule has 0 N–H and O–H groups in total. The minimum Gasteiger partial charge on any atom is -0.266 e. The van der Waals surface area contributed by atoms with Gasteiger partial charge in [0.1, 0.15) is 0 Å². The number of nitrogens with zero attached hydrogens (tertiary/aromatic N) is 1. The second kappa shape index (κ2) is 7.84. The lowest BCUT2D eigenvalue weighted by atomic mass is 9.90. The largest absolute Gasteiger partial charge is 0.266 e. The van der Waals surface area contributed by atoms with Crippen molar-refractivity contribution in [3.8, 4) is 0 Å². The number of aliphatic imine (C=N–C) groups is 1. The average molecular weight is 269 g/mol. The molecular weight excluding hydrogens is 242 g/mol. The normalized spacial score (nSPS) is 14.2. The van der Waals surface area contributed by atoms with E-state index in [0.29, 0.717) is 5.92 Å². The molecule has 0 radical (unpaired) electrons. The lowest BCUT2D eigenvalue weighted by Gasteiger charge is -2.16. The summed E-state index contributed by atoms with van der Waals surface area (Å²) in [5, 5.41) is 0. The molecule has 1 rings (SSSR count). The van der Waals surface area contributed by atoms with Crippen molar-refractivity contribution in [1.82, 2.24) is 0 Å². The number of aryl methyl sites for hydroxylation is 1. The Kier molecular flexibility index (Phi) is 6.44. The van der Waals surface area contributed by atoms with Crippen LogP contribution in [0.2, 0.25) is 0 Å². The Morgan fingerprint density at radius 3 is 2.55 bits per heavy atom. The first-order valence-corrected chi connectivity index (χ1v) is 7.34. The SMILES string of the molecule is C=C(CC(C)Cc1ccccc1C)/C(C)=C(C)\N=C/C. The quantitative estimate of drug-likeness (QED) is 0.477. The summed E-state index contributed by atoms with van der Waals surface area (Å²) in [6.07, 6.45) is 3.97. The number of hydrogen-bond acceptors (Lipinski definition) is 1. The first-order valence-electron chi connectivity index (χ1n) is 7.34. The maximum atomic E-state index is 4.34. The van der Waals surface area contributed by atoms with Crippen LogP contribution >= 0.6 is 0 Å². The van der Waals surface area contributed by atoms with Crippen molar-refractivity contribution >= 4 is 6.21 Å². The molecular formula is C19H27N. The smallest absolute Gasteiger partial charge is 0.0400 e. The highest BCUT2D eigenvalue weighted by molar-refractivity contribution is 5.55. The van der Waals surface area contributed by atoms with Crippen LogP contribution in [-0.4, -0.2) is 6.21 Å². The van der Waals surface area contributed by atoms with Crippen molar-refractivity contribution in [2.24, 2.45) is 10.9 Å². The maximum Gasteiger partial charge on any atom is 0.0400 e. The van der Waals surface area contributed by atoms with Crippen LogP contribution in [-0.2, 0) is 6.42 Å². The Hall–Kier alpha value is -1.63. The molecule has 1 aromatic carbocycles. The summed E-state index contributed by atoms with van der Waals surface area (Å²) in [6.45, 7) is 14.8. The fourth-order valence-corrected chi connectivity index (χ4v) is 2.41. The van der Waals surface area contributed by atoms with Crippen LogP contribution in [0.4, 0.5) is 0 Å². The molecule has 1 atom stereocenters. The summed E-state index contributed by atoms with van der Waals surface area (Å²) in [6, 6.07) is 8.63. The molecule has 0 saturated carbocycles. The van der Waals surface area contributed by atoms with Crippen LogP contribution in [0.5, 0.6) is 0 Å². The molecule has 20 heavy (non-hydrogen) atoms. The third-order valence-electron chi connectivity index (χ3n) is 3.82. The Labute approximate surface area is 124 Å². The van der Waals surface area contributed by atoms with E-state index in [0.717, 1.165) is 18.5 Å². The Bertz CT molecular complexity index is 520. The van der Waals surface area contributed by atoms with Crippen LogP contribution in [0, 0.1) is 12.8 Å². The van der Waals surface area contributed by atoms with Gasteiger partial charge in [-0.25, -0.2) is 0 Å². The van der Waals surface area contributed by atoms with Crippen LogP contribution in [0.15, 0.2) is 52.7 Å². The third kappa shape index (κ3) is 4.80. The summed E-state index contributed by atoms with van der Waals surface area (Å²) >= 11 is 0. The molecule has 0 aromatic heterocycles. The second-order valence-electron chi connectivity index (χ2n) is 5.64. The second-order valence-corrected chi connectivity index (χ2v) is 5.64. The Morgan fingerprint density at radius 2 is 1.95 bits per heavy atom. The van der Waals surface area contributed by atoms with Crippen LogP contribution in [0.1, 0.15) is 45.2 Å².